The molecule has 17 heavy (non-hydrogen) atoms. The maximum Gasteiger partial charge on any atom is 0.141 e. The van der Waals surface area contributed by atoms with Crippen molar-refractivity contribution in [3.05, 3.63) is 34.6 Å². The zero-order valence-corrected chi connectivity index (χ0v) is 11.1. The lowest BCUT2D eigenvalue weighted by Gasteiger charge is -2.22. The topological polar surface area (TPSA) is 12.0 Å². The van der Waals surface area contributed by atoms with E-state index >= 15 is 0 Å². The van der Waals surface area contributed by atoms with Gasteiger partial charge >= 0.3 is 0 Å². The minimum absolute atomic E-state index is 0.00571. The molecule has 1 N–H and O–H groups in total. The molecule has 0 saturated heterocycles. The van der Waals surface area contributed by atoms with Crippen LogP contribution in [0.2, 0.25) is 5.02 Å². The second kappa shape index (κ2) is 6.05. The summed E-state index contributed by atoms with van der Waals surface area (Å²) in [6.45, 7) is 6.10. The molecule has 0 aliphatic rings. The van der Waals surface area contributed by atoms with E-state index in [0.717, 1.165) is 5.56 Å². The SMILES string of the molecule is C#CC(NC(C)c1ccc(F)c(Cl)c1)C(C)C. The average Bonchev–Trinajstić information content (AvgIpc) is 2.28. The van der Waals surface area contributed by atoms with Gasteiger partial charge in [0, 0.05) is 6.04 Å². The number of benzene rings is 1. The van der Waals surface area contributed by atoms with Gasteiger partial charge in [-0.15, -0.1) is 6.42 Å². The van der Waals surface area contributed by atoms with Gasteiger partial charge in [0.15, 0.2) is 0 Å². The van der Waals surface area contributed by atoms with Crippen LogP contribution < -0.4 is 5.32 Å². The first kappa shape index (κ1) is 14.0. The molecule has 0 amide bonds. The molecule has 1 rings (SSSR count). The Labute approximate surface area is 107 Å². The molecule has 0 spiro atoms. The zero-order chi connectivity index (χ0) is 13.0. The van der Waals surface area contributed by atoms with Crippen LogP contribution in [-0.2, 0) is 0 Å². The number of hydrogen-bond donors (Lipinski definition) is 1. The Bertz CT molecular complexity index is 423. The second-order valence-corrected chi connectivity index (χ2v) is 4.86. The van der Waals surface area contributed by atoms with Crippen molar-refractivity contribution in [2.75, 3.05) is 0 Å². The number of hydrogen-bond acceptors (Lipinski definition) is 1. The largest absolute Gasteiger partial charge is 0.297 e. The second-order valence-electron chi connectivity index (χ2n) is 4.45. The molecule has 2 atom stereocenters. The van der Waals surface area contributed by atoms with Crippen LogP contribution in [0.3, 0.4) is 0 Å². The summed E-state index contributed by atoms with van der Waals surface area (Å²) in [5.74, 6) is 2.65. The van der Waals surface area contributed by atoms with Crippen molar-refractivity contribution in [1.82, 2.24) is 5.32 Å². The molecule has 0 aliphatic heterocycles. The van der Waals surface area contributed by atoms with Gasteiger partial charge < -0.3 is 0 Å². The fraction of sp³-hybridized carbons (Fsp3) is 0.429. The summed E-state index contributed by atoms with van der Waals surface area (Å²) in [7, 11) is 0. The van der Waals surface area contributed by atoms with Gasteiger partial charge in [-0.05, 0) is 30.5 Å². The maximum atomic E-state index is 13.0. The molecule has 1 aromatic carbocycles. The third-order valence-corrected chi connectivity index (χ3v) is 3.01. The summed E-state index contributed by atoms with van der Waals surface area (Å²) in [5.41, 5.74) is 0.928. The molecule has 92 valence electrons. The van der Waals surface area contributed by atoms with Crippen molar-refractivity contribution < 1.29 is 4.39 Å². The summed E-state index contributed by atoms with van der Waals surface area (Å²) in [6.07, 6.45) is 5.46. The van der Waals surface area contributed by atoms with Crippen LogP contribution in [0.15, 0.2) is 18.2 Å². The quantitative estimate of drug-likeness (QED) is 0.805. The van der Waals surface area contributed by atoms with E-state index in [1.807, 2.05) is 6.92 Å². The van der Waals surface area contributed by atoms with Crippen LogP contribution in [0.1, 0.15) is 32.4 Å². The van der Waals surface area contributed by atoms with Crippen LogP contribution in [0, 0.1) is 24.1 Å². The highest BCUT2D eigenvalue weighted by molar-refractivity contribution is 6.30. The van der Waals surface area contributed by atoms with E-state index in [-0.39, 0.29) is 17.1 Å². The molecule has 0 bridgehead atoms. The van der Waals surface area contributed by atoms with E-state index in [2.05, 4.69) is 25.1 Å². The lowest BCUT2D eigenvalue weighted by molar-refractivity contribution is 0.431. The molecule has 1 nitrogen and oxygen atoms in total. The van der Waals surface area contributed by atoms with Crippen LogP contribution in [0.25, 0.3) is 0 Å². The Balaban J connectivity index is 2.79. The highest BCUT2D eigenvalue weighted by Crippen LogP contribution is 2.21. The number of nitrogens with one attached hydrogen (secondary N) is 1. The Morgan fingerprint density at radius 1 is 1.35 bits per heavy atom. The molecule has 3 heteroatoms. The van der Waals surface area contributed by atoms with Gasteiger partial charge in [0.2, 0.25) is 0 Å². The summed E-state index contributed by atoms with van der Waals surface area (Å²) >= 11 is 5.75. The van der Waals surface area contributed by atoms with Crippen LogP contribution >= 0.6 is 11.6 Å². The third-order valence-electron chi connectivity index (χ3n) is 2.72. The molecule has 0 fully saturated rings. The number of terminal acetylenes is 1. The molecule has 0 heterocycles. The molecule has 0 aliphatic carbocycles. The van der Waals surface area contributed by atoms with Crippen molar-refractivity contribution in [3.8, 4) is 12.3 Å². The lowest BCUT2D eigenvalue weighted by Crippen LogP contribution is -2.34. The first-order valence-corrected chi connectivity index (χ1v) is 6.00. The monoisotopic (exact) mass is 253 g/mol. The van der Waals surface area contributed by atoms with E-state index in [0.29, 0.717) is 5.92 Å². The van der Waals surface area contributed by atoms with Crippen molar-refractivity contribution in [2.45, 2.75) is 32.9 Å². The van der Waals surface area contributed by atoms with E-state index in [1.54, 1.807) is 12.1 Å². The van der Waals surface area contributed by atoms with Crippen LogP contribution in [0.5, 0.6) is 0 Å². The summed E-state index contributed by atoms with van der Waals surface area (Å²) in [5, 5.41) is 3.45. The maximum absolute atomic E-state index is 13.0. The van der Waals surface area contributed by atoms with Gasteiger partial charge in [-0.1, -0.05) is 37.4 Å². The van der Waals surface area contributed by atoms with Gasteiger partial charge in [0.25, 0.3) is 0 Å². The summed E-state index contributed by atoms with van der Waals surface area (Å²) in [6, 6.07) is 4.75. The van der Waals surface area contributed by atoms with Gasteiger partial charge in [-0.2, -0.15) is 0 Å². The molecule has 1 aromatic rings. The predicted molar refractivity (Wildman–Crippen MR) is 70.4 cm³/mol. The van der Waals surface area contributed by atoms with Gasteiger partial charge in [0.05, 0.1) is 11.1 Å². The molecular weight excluding hydrogens is 237 g/mol. The van der Waals surface area contributed by atoms with E-state index in [4.69, 9.17) is 18.0 Å². The number of halogens is 2. The van der Waals surface area contributed by atoms with Gasteiger partial charge in [-0.25, -0.2) is 4.39 Å². The Hall–Kier alpha value is -1.04. The molecule has 0 radical (unpaired) electrons. The first-order chi connectivity index (χ1) is 7.95. The third kappa shape index (κ3) is 3.73. The van der Waals surface area contributed by atoms with Crippen LogP contribution in [-0.4, -0.2) is 6.04 Å². The van der Waals surface area contributed by atoms with E-state index < -0.39 is 5.82 Å². The minimum atomic E-state index is -0.403. The minimum Gasteiger partial charge on any atom is -0.297 e. The molecular formula is C14H17ClFN. The fourth-order valence-corrected chi connectivity index (χ4v) is 1.77. The smallest absolute Gasteiger partial charge is 0.141 e. The van der Waals surface area contributed by atoms with Crippen LogP contribution in [0.4, 0.5) is 4.39 Å². The Morgan fingerprint density at radius 3 is 2.47 bits per heavy atom. The van der Waals surface area contributed by atoms with Crippen molar-refractivity contribution in [2.24, 2.45) is 5.92 Å². The van der Waals surface area contributed by atoms with Crippen molar-refractivity contribution >= 4 is 11.6 Å². The lowest BCUT2D eigenvalue weighted by atomic mass is 10.0. The molecule has 2 unspecified atom stereocenters. The van der Waals surface area contributed by atoms with Crippen molar-refractivity contribution in [1.29, 1.82) is 0 Å². The molecule has 0 aromatic heterocycles. The number of rotatable bonds is 4. The highest BCUT2D eigenvalue weighted by Gasteiger charge is 2.15. The van der Waals surface area contributed by atoms with Gasteiger partial charge in [-0.3, -0.25) is 5.32 Å². The highest BCUT2D eigenvalue weighted by atomic mass is 35.5. The summed E-state index contributed by atoms with van der Waals surface area (Å²) < 4.78 is 13.0. The zero-order valence-electron chi connectivity index (χ0n) is 10.3. The first-order valence-electron chi connectivity index (χ1n) is 5.62. The normalized spacial score (nSPS) is 14.4. The van der Waals surface area contributed by atoms with E-state index in [1.165, 1.54) is 6.07 Å². The van der Waals surface area contributed by atoms with E-state index in [9.17, 15) is 4.39 Å². The average molecular weight is 254 g/mol. The Kier molecular flexibility index (Phi) is 4.99. The van der Waals surface area contributed by atoms with Gasteiger partial charge in [0.1, 0.15) is 5.82 Å². The fourth-order valence-electron chi connectivity index (χ4n) is 1.58. The Morgan fingerprint density at radius 2 is 2.00 bits per heavy atom. The summed E-state index contributed by atoms with van der Waals surface area (Å²) in [4.78, 5) is 0. The molecule has 0 saturated carbocycles. The van der Waals surface area contributed by atoms with Crippen molar-refractivity contribution in [3.63, 3.8) is 0 Å². The standard InChI is InChI=1S/C14H17ClFN/c1-5-14(9(2)3)17-10(4)11-6-7-13(16)12(15)8-11/h1,6-10,14,17H,2-4H3. The predicted octanol–water partition coefficient (Wildman–Crippen LogP) is 3.79.